The summed E-state index contributed by atoms with van der Waals surface area (Å²) in [5, 5.41) is 0. The minimum absolute atomic E-state index is 0.00696. The molecule has 0 bridgehead atoms. The number of hydrogen-bond donors (Lipinski definition) is 2. The highest BCUT2D eigenvalue weighted by Gasteiger charge is 2.12. The van der Waals surface area contributed by atoms with E-state index in [0.717, 1.165) is 11.1 Å². The first-order valence-electron chi connectivity index (χ1n) is 9.35. The summed E-state index contributed by atoms with van der Waals surface area (Å²) in [7, 11) is 0. The van der Waals surface area contributed by atoms with E-state index in [4.69, 9.17) is 9.47 Å². The Kier molecular flexibility index (Phi) is 7.44. The van der Waals surface area contributed by atoms with Crippen molar-refractivity contribution in [2.75, 3.05) is 6.61 Å². The van der Waals surface area contributed by atoms with Crippen LogP contribution >= 0.6 is 0 Å². The number of hydrogen-bond acceptors (Lipinski definition) is 4. The van der Waals surface area contributed by atoms with E-state index in [1.807, 2.05) is 39.0 Å². The van der Waals surface area contributed by atoms with Gasteiger partial charge in [-0.3, -0.25) is 20.4 Å². The molecule has 0 aromatic heterocycles. The fraction of sp³-hybridized carbons (Fsp3) is 0.364. The number of nitrogens with one attached hydrogen (secondary N) is 2. The van der Waals surface area contributed by atoms with E-state index in [1.54, 1.807) is 24.3 Å². The summed E-state index contributed by atoms with van der Waals surface area (Å²) in [6, 6.07) is 12.7. The second kappa shape index (κ2) is 9.78. The molecule has 0 saturated carbocycles. The number of hydrazine groups is 1. The monoisotopic (exact) mass is 384 g/mol. The zero-order valence-corrected chi connectivity index (χ0v) is 17.0. The Bertz CT molecular complexity index is 831. The molecule has 6 heteroatoms. The smallest absolute Gasteiger partial charge is 0.276 e. The number of rotatable bonds is 7. The van der Waals surface area contributed by atoms with Gasteiger partial charge in [0.2, 0.25) is 0 Å². The molecule has 150 valence electrons. The lowest BCUT2D eigenvalue weighted by Gasteiger charge is -2.15. The van der Waals surface area contributed by atoms with Crippen molar-refractivity contribution in [1.29, 1.82) is 0 Å². The van der Waals surface area contributed by atoms with Crippen LogP contribution in [-0.2, 0) is 4.79 Å². The van der Waals surface area contributed by atoms with Crippen LogP contribution in [-0.4, -0.2) is 24.5 Å². The van der Waals surface area contributed by atoms with Crippen molar-refractivity contribution in [3.8, 4) is 11.5 Å². The molecule has 0 aliphatic carbocycles. The van der Waals surface area contributed by atoms with Crippen molar-refractivity contribution in [3.05, 3.63) is 59.2 Å². The Balaban J connectivity index is 1.89. The molecule has 0 fully saturated rings. The van der Waals surface area contributed by atoms with Crippen LogP contribution in [0.25, 0.3) is 0 Å². The summed E-state index contributed by atoms with van der Waals surface area (Å²) in [5.74, 6) is 0.673. The summed E-state index contributed by atoms with van der Waals surface area (Å²) in [6.45, 7) is 9.72. The van der Waals surface area contributed by atoms with Crippen molar-refractivity contribution in [2.24, 2.45) is 0 Å². The van der Waals surface area contributed by atoms with Gasteiger partial charge in [0.05, 0.1) is 6.10 Å². The third-order valence-electron chi connectivity index (χ3n) is 3.93. The predicted octanol–water partition coefficient (Wildman–Crippen LogP) is 3.75. The molecule has 0 heterocycles. The molecular formula is C22H28N2O4. The Morgan fingerprint density at radius 2 is 1.75 bits per heavy atom. The Labute approximate surface area is 166 Å². The van der Waals surface area contributed by atoms with Crippen LogP contribution < -0.4 is 20.3 Å². The molecule has 6 nitrogen and oxygen atoms in total. The first-order valence-corrected chi connectivity index (χ1v) is 9.35. The predicted molar refractivity (Wildman–Crippen MR) is 109 cm³/mol. The zero-order chi connectivity index (χ0) is 20.7. The van der Waals surface area contributed by atoms with Gasteiger partial charge in [-0.1, -0.05) is 32.0 Å². The average Bonchev–Trinajstić information content (AvgIpc) is 2.63. The van der Waals surface area contributed by atoms with Crippen LogP contribution in [0.4, 0.5) is 0 Å². The lowest BCUT2D eigenvalue weighted by atomic mass is 10.0. The lowest BCUT2D eigenvalue weighted by molar-refractivity contribution is -0.123. The molecule has 0 unspecified atom stereocenters. The number of benzene rings is 2. The molecule has 0 spiro atoms. The van der Waals surface area contributed by atoms with Gasteiger partial charge in [0.15, 0.2) is 6.61 Å². The maximum Gasteiger partial charge on any atom is 0.276 e. The van der Waals surface area contributed by atoms with Crippen LogP contribution in [0.1, 0.15) is 55.1 Å². The molecule has 2 aromatic rings. The van der Waals surface area contributed by atoms with Gasteiger partial charge in [-0.15, -0.1) is 0 Å². The van der Waals surface area contributed by atoms with Gasteiger partial charge in [-0.25, -0.2) is 0 Å². The second-order valence-corrected chi connectivity index (χ2v) is 7.18. The van der Waals surface area contributed by atoms with Crippen LogP contribution in [0.2, 0.25) is 0 Å². The van der Waals surface area contributed by atoms with Crippen LogP contribution in [0.3, 0.4) is 0 Å². The van der Waals surface area contributed by atoms with Gasteiger partial charge in [-0.2, -0.15) is 0 Å². The highest BCUT2D eigenvalue weighted by atomic mass is 16.5. The third kappa shape index (κ3) is 6.30. The normalized spacial score (nSPS) is 10.7. The molecule has 28 heavy (non-hydrogen) atoms. The number of carbonyl (C=O) groups excluding carboxylic acids is 2. The van der Waals surface area contributed by atoms with Gasteiger partial charge in [0.1, 0.15) is 11.5 Å². The van der Waals surface area contributed by atoms with E-state index in [0.29, 0.717) is 17.1 Å². The minimum Gasteiger partial charge on any atom is -0.491 e. The summed E-state index contributed by atoms with van der Waals surface area (Å²) in [4.78, 5) is 24.3. The molecule has 2 rings (SSSR count). The number of ether oxygens (including phenoxy) is 2. The van der Waals surface area contributed by atoms with Crippen LogP contribution in [0.5, 0.6) is 11.5 Å². The van der Waals surface area contributed by atoms with E-state index < -0.39 is 11.8 Å². The molecule has 0 saturated heterocycles. The zero-order valence-electron chi connectivity index (χ0n) is 17.0. The molecule has 2 N–H and O–H groups in total. The second-order valence-electron chi connectivity index (χ2n) is 7.18. The van der Waals surface area contributed by atoms with Crippen LogP contribution in [0, 0.1) is 6.92 Å². The number of aryl methyl sites for hydroxylation is 1. The summed E-state index contributed by atoms with van der Waals surface area (Å²) in [5.41, 5.74) is 7.23. The van der Waals surface area contributed by atoms with Gasteiger partial charge in [-0.05, 0) is 62.1 Å². The maximum atomic E-state index is 12.2. The van der Waals surface area contributed by atoms with Crippen molar-refractivity contribution in [2.45, 2.75) is 46.6 Å². The van der Waals surface area contributed by atoms with Crippen molar-refractivity contribution < 1.29 is 19.1 Å². The van der Waals surface area contributed by atoms with E-state index >= 15 is 0 Å². The molecule has 0 aliphatic heterocycles. The van der Waals surface area contributed by atoms with E-state index in [1.165, 1.54) is 0 Å². The summed E-state index contributed by atoms with van der Waals surface area (Å²) < 4.78 is 11.2. The topological polar surface area (TPSA) is 76.7 Å². The highest BCUT2D eigenvalue weighted by molar-refractivity contribution is 5.95. The molecule has 0 radical (unpaired) electrons. The quantitative estimate of drug-likeness (QED) is 0.713. The van der Waals surface area contributed by atoms with Crippen LogP contribution in [0.15, 0.2) is 42.5 Å². The van der Waals surface area contributed by atoms with Crippen molar-refractivity contribution in [1.82, 2.24) is 10.9 Å². The lowest BCUT2D eigenvalue weighted by Crippen LogP contribution is -2.43. The summed E-state index contributed by atoms with van der Waals surface area (Å²) in [6.07, 6.45) is 0.00696. The third-order valence-corrected chi connectivity index (χ3v) is 3.93. The Hall–Kier alpha value is -3.02. The van der Waals surface area contributed by atoms with Gasteiger partial charge in [0.25, 0.3) is 11.8 Å². The van der Waals surface area contributed by atoms with E-state index in [-0.39, 0.29) is 18.6 Å². The standard InChI is InChI=1S/C22H28N2O4/c1-14(2)19-10-9-16(5)11-20(19)27-13-21(25)23-24-22(26)17-7-6-8-18(12-17)28-15(3)4/h6-12,14-15H,13H2,1-5H3,(H,23,25)(H,24,26). The van der Waals surface area contributed by atoms with Gasteiger partial charge >= 0.3 is 0 Å². The highest BCUT2D eigenvalue weighted by Crippen LogP contribution is 2.27. The fourth-order valence-corrected chi connectivity index (χ4v) is 2.60. The molecule has 0 aliphatic rings. The molecule has 0 atom stereocenters. The molecule has 2 aromatic carbocycles. The first-order chi connectivity index (χ1) is 13.3. The number of carbonyl (C=O) groups is 2. The van der Waals surface area contributed by atoms with Crippen molar-refractivity contribution in [3.63, 3.8) is 0 Å². The molecular weight excluding hydrogens is 356 g/mol. The fourth-order valence-electron chi connectivity index (χ4n) is 2.60. The van der Waals surface area contributed by atoms with E-state index in [2.05, 4.69) is 24.7 Å². The summed E-state index contributed by atoms with van der Waals surface area (Å²) >= 11 is 0. The van der Waals surface area contributed by atoms with Gasteiger partial charge < -0.3 is 9.47 Å². The molecule has 2 amide bonds. The largest absolute Gasteiger partial charge is 0.491 e. The van der Waals surface area contributed by atoms with Gasteiger partial charge in [0, 0.05) is 5.56 Å². The number of amides is 2. The van der Waals surface area contributed by atoms with E-state index in [9.17, 15) is 9.59 Å². The average molecular weight is 384 g/mol. The Morgan fingerprint density at radius 1 is 1.00 bits per heavy atom. The Morgan fingerprint density at radius 3 is 2.43 bits per heavy atom. The van der Waals surface area contributed by atoms with Crippen molar-refractivity contribution >= 4 is 11.8 Å². The first kappa shape index (κ1) is 21.3. The SMILES string of the molecule is Cc1ccc(C(C)C)c(OCC(=O)NNC(=O)c2cccc(OC(C)C)c2)c1. The minimum atomic E-state index is -0.445. The maximum absolute atomic E-state index is 12.2.